The Hall–Kier alpha value is -1.42. The first kappa shape index (κ1) is 13.0. The Morgan fingerprint density at radius 2 is 1.72 bits per heavy atom. The number of nitrogens with one attached hydrogen (secondary N) is 1. The average Bonchev–Trinajstić information content (AvgIpc) is 2.32. The lowest BCUT2D eigenvalue weighted by Gasteiger charge is -2.16. The molecule has 0 radical (unpaired) electrons. The summed E-state index contributed by atoms with van der Waals surface area (Å²) in [5, 5.41) is 3.16. The molecule has 0 saturated heterocycles. The van der Waals surface area contributed by atoms with Crippen molar-refractivity contribution in [3.63, 3.8) is 0 Å². The van der Waals surface area contributed by atoms with Gasteiger partial charge in [-0.15, -0.1) is 0 Å². The van der Waals surface area contributed by atoms with Crippen LogP contribution in [0.2, 0.25) is 0 Å². The Kier molecular flexibility index (Phi) is 3.97. The van der Waals surface area contributed by atoms with E-state index in [0.29, 0.717) is 5.56 Å². The Morgan fingerprint density at radius 1 is 1.06 bits per heavy atom. The summed E-state index contributed by atoms with van der Waals surface area (Å²) in [5.74, 6) is -1.10. The summed E-state index contributed by atoms with van der Waals surface area (Å²) >= 11 is 3.35. The zero-order valence-corrected chi connectivity index (χ0v) is 11.3. The van der Waals surface area contributed by atoms with Gasteiger partial charge in [-0.05, 0) is 37.3 Å². The number of benzene rings is 2. The molecule has 1 atom stereocenters. The minimum atomic E-state index is -0.563. The fraction of sp³-hybridized carbons (Fsp3) is 0.143. The molecule has 1 unspecified atom stereocenters. The van der Waals surface area contributed by atoms with E-state index in [4.69, 9.17) is 0 Å². The number of anilines is 1. The van der Waals surface area contributed by atoms with Gasteiger partial charge < -0.3 is 5.32 Å². The zero-order chi connectivity index (χ0) is 13.1. The first-order valence-electron chi connectivity index (χ1n) is 5.53. The van der Waals surface area contributed by atoms with Crippen molar-refractivity contribution in [2.24, 2.45) is 0 Å². The van der Waals surface area contributed by atoms with Gasteiger partial charge >= 0.3 is 0 Å². The zero-order valence-electron chi connectivity index (χ0n) is 9.75. The highest BCUT2D eigenvalue weighted by Crippen LogP contribution is 2.23. The summed E-state index contributed by atoms with van der Waals surface area (Å²) < 4.78 is 27.4. The molecule has 1 nitrogen and oxygen atoms in total. The van der Waals surface area contributed by atoms with Gasteiger partial charge in [0.25, 0.3) is 0 Å². The molecule has 18 heavy (non-hydrogen) atoms. The largest absolute Gasteiger partial charge is 0.378 e. The third-order valence-corrected chi connectivity index (χ3v) is 3.19. The van der Waals surface area contributed by atoms with Crippen molar-refractivity contribution in [2.45, 2.75) is 13.0 Å². The summed E-state index contributed by atoms with van der Waals surface area (Å²) in [5.41, 5.74) is 1.33. The lowest BCUT2D eigenvalue weighted by Crippen LogP contribution is -2.08. The van der Waals surface area contributed by atoms with Crippen molar-refractivity contribution >= 4 is 21.6 Å². The number of hydrogen-bond donors (Lipinski definition) is 1. The van der Waals surface area contributed by atoms with Crippen LogP contribution in [0.5, 0.6) is 0 Å². The van der Waals surface area contributed by atoms with E-state index in [-0.39, 0.29) is 6.04 Å². The highest BCUT2D eigenvalue weighted by atomic mass is 79.9. The second-order valence-electron chi connectivity index (χ2n) is 4.04. The average molecular weight is 312 g/mol. The summed E-state index contributed by atoms with van der Waals surface area (Å²) in [6, 6.07) is 11.0. The van der Waals surface area contributed by atoms with Crippen molar-refractivity contribution in [1.29, 1.82) is 0 Å². The normalized spacial score (nSPS) is 12.2. The van der Waals surface area contributed by atoms with Crippen LogP contribution in [0.25, 0.3) is 0 Å². The Balaban J connectivity index is 2.16. The van der Waals surface area contributed by atoms with Crippen molar-refractivity contribution in [3.05, 3.63) is 64.1 Å². The van der Waals surface area contributed by atoms with E-state index in [9.17, 15) is 8.78 Å². The number of rotatable bonds is 3. The van der Waals surface area contributed by atoms with E-state index in [0.717, 1.165) is 16.2 Å². The van der Waals surface area contributed by atoms with Gasteiger partial charge in [0, 0.05) is 21.8 Å². The van der Waals surface area contributed by atoms with Crippen LogP contribution in [0.3, 0.4) is 0 Å². The van der Waals surface area contributed by atoms with Crippen molar-refractivity contribution in [2.75, 3.05) is 5.32 Å². The molecule has 0 aliphatic heterocycles. The second-order valence-corrected chi connectivity index (χ2v) is 4.95. The summed E-state index contributed by atoms with van der Waals surface area (Å²) in [4.78, 5) is 0. The summed E-state index contributed by atoms with van der Waals surface area (Å²) in [6.07, 6.45) is 0. The Morgan fingerprint density at radius 3 is 2.33 bits per heavy atom. The van der Waals surface area contributed by atoms with Crippen LogP contribution in [0.4, 0.5) is 14.5 Å². The molecule has 2 rings (SSSR count). The van der Waals surface area contributed by atoms with Crippen LogP contribution in [0, 0.1) is 11.6 Å². The van der Waals surface area contributed by atoms with Gasteiger partial charge in [0.1, 0.15) is 11.6 Å². The van der Waals surface area contributed by atoms with E-state index in [2.05, 4.69) is 21.2 Å². The van der Waals surface area contributed by atoms with E-state index >= 15 is 0 Å². The Labute approximate surface area is 113 Å². The van der Waals surface area contributed by atoms with Crippen LogP contribution in [0.1, 0.15) is 18.5 Å². The van der Waals surface area contributed by atoms with Crippen LogP contribution in [-0.2, 0) is 0 Å². The third-order valence-electron chi connectivity index (χ3n) is 2.66. The molecule has 94 valence electrons. The predicted molar refractivity (Wildman–Crippen MR) is 72.5 cm³/mol. The van der Waals surface area contributed by atoms with Gasteiger partial charge in [-0.25, -0.2) is 8.78 Å². The monoisotopic (exact) mass is 311 g/mol. The number of hydrogen-bond acceptors (Lipinski definition) is 1. The van der Waals surface area contributed by atoms with E-state index in [1.165, 1.54) is 12.1 Å². The van der Waals surface area contributed by atoms with Crippen molar-refractivity contribution in [3.8, 4) is 0 Å². The first-order valence-corrected chi connectivity index (χ1v) is 6.32. The minimum Gasteiger partial charge on any atom is -0.378 e. The molecule has 0 bridgehead atoms. The lowest BCUT2D eigenvalue weighted by molar-refractivity contribution is 0.566. The van der Waals surface area contributed by atoms with Crippen LogP contribution < -0.4 is 5.32 Å². The predicted octanol–water partition coefficient (Wildman–Crippen LogP) is 4.90. The standard InChI is InChI=1S/C14H12BrF2N/c1-9(13-7-4-11(16)8-14(13)17)18-12-5-2-10(15)3-6-12/h2-9,18H,1H3. The molecule has 0 aromatic heterocycles. The maximum atomic E-state index is 13.6. The highest BCUT2D eigenvalue weighted by molar-refractivity contribution is 9.10. The third kappa shape index (κ3) is 3.07. The van der Waals surface area contributed by atoms with Gasteiger partial charge in [-0.3, -0.25) is 0 Å². The Bertz CT molecular complexity index is 540. The van der Waals surface area contributed by atoms with E-state index in [1.807, 2.05) is 31.2 Å². The molecule has 0 saturated carbocycles. The number of halogens is 3. The molecule has 1 N–H and O–H groups in total. The first-order chi connectivity index (χ1) is 8.56. The molecule has 2 aromatic carbocycles. The molecular formula is C14H12BrF2N. The molecular weight excluding hydrogens is 300 g/mol. The molecule has 0 aliphatic rings. The topological polar surface area (TPSA) is 12.0 Å². The molecule has 0 heterocycles. The molecule has 4 heteroatoms. The summed E-state index contributed by atoms with van der Waals surface area (Å²) in [7, 11) is 0. The van der Waals surface area contributed by atoms with E-state index in [1.54, 1.807) is 0 Å². The van der Waals surface area contributed by atoms with Crippen molar-refractivity contribution in [1.82, 2.24) is 0 Å². The van der Waals surface area contributed by atoms with Crippen molar-refractivity contribution < 1.29 is 8.78 Å². The molecule has 0 spiro atoms. The minimum absolute atomic E-state index is 0.230. The smallest absolute Gasteiger partial charge is 0.131 e. The van der Waals surface area contributed by atoms with Crippen LogP contribution in [0.15, 0.2) is 46.9 Å². The van der Waals surface area contributed by atoms with Gasteiger partial charge in [0.2, 0.25) is 0 Å². The molecule has 0 fully saturated rings. The van der Waals surface area contributed by atoms with E-state index < -0.39 is 11.6 Å². The van der Waals surface area contributed by atoms with Gasteiger partial charge in [-0.1, -0.05) is 22.0 Å². The molecule has 0 amide bonds. The van der Waals surface area contributed by atoms with Gasteiger partial charge in [-0.2, -0.15) is 0 Å². The van der Waals surface area contributed by atoms with Gasteiger partial charge in [0.15, 0.2) is 0 Å². The highest BCUT2D eigenvalue weighted by Gasteiger charge is 2.11. The van der Waals surface area contributed by atoms with Gasteiger partial charge in [0.05, 0.1) is 6.04 Å². The van der Waals surface area contributed by atoms with Crippen LogP contribution in [-0.4, -0.2) is 0 Å². The lowest BCUT2D eigenvalue weighted by atomic mass is 10.1. The summed E-state index contributed by atoms with van der Waals surface area (Å²) in [6.45, 7) is 1.83. The second kappa shape index (κ2) is 5.48. The fourth-order valence-corrected chi connectivity index (χ4v) is 1.99. The van der Waals surface area contributed by atoms with Crippen LogP contribution >= 0.6 is 15.9 Å². The quantitative estimate of drug-likeness (QED) is 0.850. The molecule has 2 aromatic rings. The maximum Gasteiger partial charge on any atom is 0.131 e. The SMILES string of the molecule is CC(Nc1ccc(Br)cc1)c1ccc(F)cc1F. The fourth-order valence-electron chi connectivity index (χ4n) is 1.73. The maximum absolute atomic E-state index is 13.6. The molecule has 0 aliphatic carbocycles.